The molecule has 0 aromatic carbocycles. The van der Waals surface area contributed by atoms with Gasteiger partial charge in [-0.3, -0.25) is 14.2 Å². The lowest BCUT2D eigenvalue weighted by molar-refractivity contribution is -0.118. The van der Waals surface area contributed by atoms with Crippen LogP contribution in [0.25, 0.3) is 10.2 Å². The summed E-state index contributed by atoms with van der Waals surface area (Å²) in [6, 6.07) is 3.89. The van der Waals surface area contributed by atoms with Crippen LogP contribution in [-0.2, 0) is 16.1 Å². The minimum atomic E-state index is -0.447. The van der Waals surface area contributed by atoms with Gasteiger partial charge in [0.15, 0.2) is 5.16 Å². The number of aryl methyl sites for hydroxylation is 1. The number of carbonyl (C=O) groups is 2. The van der Waals surface area contributed by atoms with E-state index in [1.807, 2.05) is 17.5 Å². The van der Waals surface area contributed by atoms with Crippen LogP contribution in [0, 0.1) is 6.92 Å². The smallest absolute Gasteiger partial charge is 0.348 e. The third kappa shape index (κ3) is 5.55. The minimum absolute atomic E-state index is 0.0926. The maximum absolute atomic E-state index is 13.4. The van der Waals surface area contributed by atoms with Gasteiger partial charge >= 0.3 is 5.97 Å². The van der Waals surface area contributed by atoms with Crippen molar-refractivity contribution in [1.29, 1.82) is 0 Å². The fourth-order valence-corrected chi connectivity index (χ4v) is 5.62. The van der Waals surface area contributed by atoms with Crippen LogP contribution in [0.2, 0.25) is 0 Å². The highest BCUT2D eigenvalue weighted by atomic mass is 32.2. The van der Waals surface area contributed by atoms with E-state index in [9.17, 15) is 14.4 Å². The molecule has 3 aromatic heterocycles. The molecule has 31 heavy (non-hydrogen) atoms. The first-order valence-corrected chi connectivity index (χ1v) is 12.8. The molecule has 0 atom stereocenters. The summed E-state index contributed by atoms with van der Waals surface area (Å²) in [7, 11) is 0. The van der Waals surface area contributed by atoms with Crippen LogP contribution in [-0.4, -0.2) is 40.3 Å². The summed E-state index contributed by atoms with van der Waals surface area (Å²) in [5, 5.41) is 5.73. The number of unbranched alkanes of at least 4 members (excludes halogenated alkanes) is 1. The quantitative estimate of drug-likeness (QED) is 0.204. The van der Waals surface area contributed by atoms with E-state index in [-0.39, 0.29) is 23.8 Å². The number of ether oxygens (including phenoxy) is 1. The Morgan fingerprint density at radius 3 is 2.81 bits per heavy atom. The summed E-state index contributed by atoms with van der Waals surface area (Å²) in [4.78, 5) is 44.5. The van der Waals surface area contributed by atoms with Crippen LogP contribution < -0.4 is 10.9 Å². The van der Waals surface area contributed by atoms with Gasteiger partial charge in [0.25, 0.3) is 5.56 Å². The van der Waals surface area contributed by atoms with E-state index in [2.05, 4.69) is 17.2 Å². The van der Waals surface area contributed by atoms with Gasteiger partial charge in [-0.25, -0.2) is 9.78 Å². The predicted octanol–water partition coefficient (Wildman–Crippen LogP) is 4.06. The van der Waals surface area contributed by atoms with Crippen LogP contribution in [0.15, 0.2) is 27.5 Å². The largest absolute Gasteiger partial charge is 0.462 e. The number of carbonyl (C=O) groups excluding carboxylic acids is 2. The molecule has 0 unspecified atom stereocenters. The van der Waals surface area contributed by atoms with Crippen LogP contribution in [0.4, 0.5) is 0 Å². The van der Waals surface area contributed by atoms with Gasteiger partial charge in [0.1, 0.15) is 9.71 Å². The average molecular weight is 480 g/mol. The Kier molecular flexibility index (Phi) is 8.28. The molecule has 0 fully saturated rings. The summed E-state index contributed by atoms with van der Waals surface area (Å²) in [6.45, 7) is 6.82. The van der Waals surface area contributed by atoms with Crippen molar-refractivity contribution < 1.29 is 14.3 Å². The molecule has 7 nitrogen and oxygen atoms in total. The Morgan fingerprint density at radius 1 is 1.32 bits per heavy atom. The van der Waals surface area contributed by atoms with Gasteiger partial charge in [-0.2, -0.15) is 0 Å². The third-order valence-electron chi connectivity index (χ3n) is 4.56. The number of aromatic nitrogens is 2. The van der Waals surface area contributed by atoms with E-state index < -0.39 is 5.97 Å². The van der Waals surface area contributed by atoms with Gasteiger partial charge in [-0.1, -0.05) is 31.2 Å². The van der Waals surface area contributed by atoms with Crippen molar-refractivity contribution in [2.24, 2.45) is 0 Å². The molecule has 10 heteroatoms. The van der Waals surface area contributed by atoms with E-state index >= 15 is 0 Å². The molecule has 3 aromatic rings. The Labute approximate surface area is 192 Å². The van der Waals surface area contributed by atoms with Gasteiger partial charge in [-0.05, 0) is 37.3 Å². The molecule has 0 aliphatic carbocycles. The summed E-state index contributed by atoms with van der Waals surface area (Å²) in [5.74, 6) is -0.372. The first kappa shape index (κ1) is 23.5. The summed E-state index contributed by atoms with van der Waals surface area (Å²) >= 11 is 3.94. The molecule has 0 saturated heterocycles. The number of thiophene rings is 2. The average Bonchev–Trinajstić information content (AvgIpc) is 3.37. The SMILES string of the molecule is CCCCNC(=O)CSc1nc2sc(C(=O)OCC)c(C)c2c(=O)n1Cc1cccs1. The molecule has 0 aliphatic heterocycles. The molecule has 166 valence electrons. The normalized spacial score (nSPS) is 11.1. The predicted molar refractivity (Wildman–Crippen MR) is 127 cm³/mol. The second kappa shape index (κ2) is 10.9. The molecule has 0 saturated carbocycles. The Hall–Kier alpha value is -2.17. The molecule has 3 rings (SSSR count). The Bertz CT molecular complexity index is 1120. The maximum Gasteiger partial charge on any atom is 0.348 e. The molecular weight excluding hydrogens is 454 g/mol. The summed E-state index contributed by atoms with van der Waals surface area (Å²) < 4.78 is 6.72. The highest BCUT2D eigenvalue weighted by Gasteiger charge is 2.23. The number of nitrogens with zero attached hydrogens (tertiary/aromatic N) is 2. The molecule has 0 spiro atoms. The van der Waals surface area contributed by atoms with Gasteiger partial charge in [-0.15, -0.1) is 22.7 Å². The number of amides is 1. The Balaban J connectivity index is 1.98. The fourth-order valence-electron chi connectivity index (χ4n) is 2.98. The first-order valence-electron chi connectivity index (χ1n) is 10.1. The van der Waals surface area contributed by atoms with Crippen molar-refractivity contribution >= 4 is 56.5 Å². The van der Waals surface area contributed by atoms with Gasteiger partial charge in [0, 0.05) is 11.4 Å². The highest BCUT2D eigenvalue weighted by Crippen LogP contribution is 2.30. The molecular formula is C21H25N3O4S3. The van der Waals surface area contributed by atoms with Crippen molar-refractivity contribution in [2.75, 3.05) is 18.9 Å². The minimum Gasteiger partial charge on any atom is -0.462 e. The van der Waals surface area contributed by atoms with Crippen molar-refractivity contribution in [3.05, 3.63) is 43.2 Å². The zero-order chi connectivity index (χ0) is 22.4. The molecule has 0 bridgehead atoms. The second-order valence-corrected chi connectivity index (χ2v) is 9.79. The maximum atomic E-state index is 13.4. The lowest BCUT2D eigenvalue weighted by atomic mass is 10.2. The van der Waals surface area contributed by atoms with Crippen LogP contribution in [0.1, 0.15) is 46.8 Å². The van der Waals surface area contributed by atoms with E-state index in [0.717, 1.165) is 29.1 Å². The molecule has 1 N–H and O–H groups in total. The molecule has 1 amide bonds. The molecule has 3 heterocycles. The van der Waals surface area contributed by atoms with E-state index in [1.165, 1.54) is 11.8 Å². The van der Waals surface area contributed by atoms with Crippen molar-refractivity contribution in [3.8, 4) is 0 Å². The van der Waals surface area contributed by atoms with E-state index in [1.54, 1.807) is 29.8 Å². The van der Waals surface area contributed by atoms with Gasteiger partial charge < -0.3 is 10.1 Å². The zero-order valence-electron chi connectivity index (χ0n) is 17.7. The lowest BCUT2D eigenvalue weighted by Gasteiger charge is -2.11. The van der Waals surface area contributed by atoms with Crippen LogP contribution >= 0.6 is 34.4 Å². The number of esters is 1. The number of nitrogens with one attached hydrogen (secondary N) is 1. The van der Waals surface area contributed by atoms with Gasteiger partial charge in [0.05, 0.1) is 24.3 Å². The summed E-state index contributed by atoms with van der Waals surface area (Å²) in [6.07, 6.45) is 1.93. The fraction of sp³-hybridized carbons (Fsp3) is 0.429. The molecule has 0 radical (unpaired) electrons. The Morgan fingerprint density at radius 2 is 2.13 bits per heavy atom. The monoisotopic (exact) mass is 479 g/mol. The molecule has 0 aliphatic rings. The van der Waals surface area contributed by atoms with Crippen molar-refractivity contribution in [3.63, 3.8) is 0 Å². The van der Waals surface area contributed by atoms with Gasteiger partial charge in [0.2, 0.25) is 5.91 Å². The van der Waals surface area contributed by atoms with Crippen molar-refractivity contribution in [1.82, 2.24) is 14.9 Å². The zero-order valence-corrected chi connectivity index (χ0v) is 20.2. The van der Waals surface area contributed by atoms with Crippen LogP contribution in [0.5, 0.6) is 0 Å². The number of hydrogen-bond donors (Lipinski definition) is 1. The van der Waals surface area contributed by atoms with Crippen LogP contribution in [0.3, 0.4) is 0 Å². The highest BCUT2D eigenvalue weighted by molar-refractivity contribution is 7.99. The topological polar surface area (TPSA) is 90.3 Å². The number of hydrogen-bond acceptors (Lipinski definition) is 8. The lowest BCUT2D eigenvalue weighted by Crippen LogP contribution is -2.27. The third-order valence-corrected chi connectivity index (χ3v) is 7.56. The number of thioether (sulfide) groups is 1. The summed E-state index contributed by atoms with van der Waals surface area (Å²) in [5.41, 5.74) is 0.376. The van der Waals surface area contributed by atoms with E-state index in [0.29, 0.717) is 38.9 Å². The van der Waals surface area contributed by atoms with E-state index in [4.69, 9.17) is 4.74 Å². The standard InChI is InChI=1S/C21H25N3O4S3/c1-4-6-9-22-15(25)12-30-21-23-18-16(13(3)17(31-18)20(27)28-5-2)19(26)24(21)11-14-8-7-10-29-14/h7-8,10H,4-6,9,11-12H2,1-3H3,(H,22,25). The second-order valence-electron chi connectivity index (χ2n) is 6.81. The van der Waals surface area contributed by atoms with Crippen molar-refractivity contribution in [2.45, 2.75) is 45.3 Å². The number of rotatable bonds is 10. The first-order chi connectivity index (χ1) is 15.0. The number of fused-ring (bicyclic) bond motifs is 1.